The first-order valence-electron chi connectivity index (χ1n) is 16.0. The van der Waals surface area contributed by atoms with Gasteiger partial charge < -0.3 is 15.5 Å². The van der Waals surface area contributed by atoms with Crippen LogP contribution >= 0.6 is 23.5 Å². The van der Waals surface area contributed by atoms with Gasteiger partial charge in [0.15, 0.2) is 0 Å². The van der Waals surface area contributed by atoms with E-state index in [0.717, 1.165) is 84.6 Å². The van der Waals surface area contributed by atoms with Crippen molar-refractivity contribution in [3.8, 4) is 11.1 Å². The van der Waals surface area contributed by atoms with Gasteiger partial charge in [-0.25, -0.2) is 9.97 Å². The fourth-order valence-electron chi connectivity index (χ4n) is 5.43. The highest BCUT2D eigenvalue weighted by atomic mass is 32.2. The molecular weight excluding hydrogens is 644 g/mol. The lowest BCUT2D eigenvalue weighted by atomic mass is 9.97. The minimum atomic E-state index is -4.41. The van der Waals surface area contributed by atoms with Crippen LogP contribution in [0, 0.1) is 0 Å². The summed E-state index contributed by atoms with van der Waals surface area (Å²) in [6.45, 7) is 7.44. The van der Waals surface area contributed by atoms with Gasteiger partial charge in [0.2, 0.25) is 5.91 Å². The molecule has 2 heterocycles. The molecule has 7 nitrogen and oxygen atoms in total. The lowest BCUT2D eigenvalue weighted by Crippen LogP contribution is -2.45. The lowest BCUT2D eigenvalue weighted by molar-refractivity contribution is -0.137. The summed E-state index contributed by atoms with van der Waals surface area (Å²) in [6.07, 6.45) is 4.75. The maximum Gasteiger partial charge on any atom is 0.416 e. The zero-order valence-corrected chi connectivity index (χ0v) is 28.4. The molecule has 1 aliphatic heterocycles. The number of carbonyl (C=O) groups is 2. The van der Waals surface area contributed by atoms with Crippen molar-refractivity contribution in [2.45, 2.75) is 68.2 Å². The smallest absolute Gasteiger partial charge is 0.353 e. The van der Waals surface area contributed by atoms with Crippen LogP contribution in [0.2, 0.25) is 0 Å². The van der Waals surface area contributed by atoms with E-state index in [1.807, 2.05) is 6.08 Å². The second-order valence-corrected chi connectivity index (χ2v) is 13.6. The Morgan fingerprint density at radius 1 is 0.957 bits per heavy atom. The van der Waals surface area contributed by atoms with Crippen molar-refractivity contribution in [2.75, 3.05) is 37.7 Å². The van der Waals surface area contributed by atoms with Crippen LogP contribution in [0.5, 0.6) is 0 Å². The number of rotatable bonds is 15. The van der Waals surface area contributed by atoms with Gasteiger partial charge in [0.1, 0.15) is 16.4 Å². The average molecular weight is 686 g/mol. The van der Waals surface area contributed by atoms with Crippen molar-refractivity contribution in [3.05, 3.63) is 83.7 Å². The van der Waals surface area contributed by atoms with Gasteiger partial charge in [0.25, 0.3) is 5.91 Å². The molecule has 1 aromatic heterocycles. The number of alkyl halides is 3. The van der Waals surface area contributed by atoms with Crippen LogP contribution in [0.4, 0.5) is 13.2 Å². The Hall–Kier alpha value is -3.35. The molecule has 0 bridgehead atoms. The molecule has 0 unspecified atom stereocenters. The third-order valence-corrected chi connectivity index (χ3v) is 9.67. The van der Waals surface area contributed by atoms with Crippen molar-refractivity contribution in [1.82, 2.24) is 25.5 Å². The number of benzene rings is 2. The Morgan fingerprint density at radius 3 is 2.26 bits per heavy atom. The Balaban J connectivity index is 1.15. The number of nitrogens with one attached hydrogen (secondary N) is 2. The third-order valence-electron chi connectivity index (χ3n) is 7.84. The Kier molecular flexibility index (Phi) is 14.2. The highest BCUT2D eigenvalue weighted by Crippen LogP contribution is 2.32. The number of hydrogen-bond acceptors (Lipinski definition) is 7. The predicted molar refractivity (Wildman–Crippen MR) is 184 cm³/mol. The van der Waals surface area contributed by atoms with Gasteiger partial charge in [0.05, 0.1) is 5.56 Å². The number of piperidine rings is 1. The fraction of sp³-hybridized carbons (Fsp3) is 0.429. The Morgan fingerprint density at radius 2 is 1.62 bits per heavy atom. The molecule has 0 aliphatic carbocycles. The topological polar surface area (TPSA) is 87.2 Å². The summed E-state index contributed by atoms with van der Waals surface area (Å²) in [6, 6.07) is 11.9. The van der Waals surface area contributed by atoms with Crippen LogP contribution in [0.25, 0.3) is 11.1 Å². The van der Waals surface area contributed by atoms with Crippen LogP contribution in [0.15, 0.2) is 77.1 Å². The van der Waals surface area contributed by atoms with Crippen LogP contribution in [0.1, 0.15) is 61.0 Å². The van der Waals surface area contributed by atoms with Crippen molar-refractivity contribution in [3.63, 3.8) is 0 Å². The number of halogens is 3. The molecular formula is C35H42F3N5O2S2. The van der Waals surface area contributed by atoms with E-state index in [1.54, 1.807) is 60.2 Å². The standard InChI is InChI=1S/C35H42F3N5O2S2/c1-3-46-33-30(34(47-4-2)41-24-40-33)12-9-13-31(44)39-20-7-8-21-43-22-18-27(19-23-43)42-32(45)29-11-6-5-10-28(29)25-14-16-26(17-15-25)35(36,37)38/h5-6,9-11,13-17,24,27H,3-4,7-8,12,18-23H2,1-2H3,(H,39,44)(H,42,45)/b13-9+. The molecule has 252 valence electrons. The molecule has 4 rings (SSSR count). The number of carbonyl (C=O) groups excluding carboxylic acids is 2. The van der Waals surface area contributed by atoms with Crippen molar-refractivity contribution >= 4 is 35.3 Å². The summed E-state index contributed by atoms with van der Waals surface area (Å²) in [7, 11) is 0. The second-order valence-electron chi connectivity index (χ2n) is 11.1. The summed E-state index contributed by atoms with van der Waals surface area (Å²) < 4.78 is 39.0. The molecule has 3 aromatic rings. The monoisotopic (exact) mass is 685 g/mol. The van der Waals surface area contributed by atoms with Gasteiger partial charge >= 0.3 is 6.18 Å². The molecule has 1 aliphatic rings. The quantitative estimate of drug-likeness (QED) is 0.0753. The first-order chi connectivity index (χ1) is 22.7. The fourth-order valence-corrected chi connectivity index (χ4v) is 6.99. The molecule has 1 saturated heterocycles. The number of unbranched alkanes of at least 4 members (excludes halogenated alkanes) is 1. The van der Waals surface area contributed by atoms with Crippen LogP contribution in [-0.2, 0) is 17.4 Å². The predicted octanol–water partition coefficient (Wildman–Crippen LogP) is 7.28. The average Bonchev–Trinajstić information content (AvgIpc) is 3.06. The number of thioether (sulfide) groups is 2. The minimum Gasteiger partial charge on any atom is -0.353 e. The molecule has 0 atom stereocenters. The van der Waals surface area contributed by atoms with E-state index in [9.17, 15) is 22.8 Å². The lowest BCUT2D eigenvalue weighted by Gasteiger charge is -2.32. The van der Waals surface area contributed by atoms with E-state index >= 15 is 0 Å². The Labute approximate surface area is 283 Å². The molecule has 0 radical (unpaired) electrons. The SMILES string of the molecule is CCSc1ncnc(SCC)c1C/C=C/C(=O)NCCCCN1CCC(NC(=O)c2ccccc2-c2ccc(C(F)(F)F)cc2)CC1. The van der Waals surface area contributed by atoms with Crippen LogP contribution in [0.3, 0.4) is 0 Å². The summed E-state index contributed by atoms with van der Waals surface area (Å²) in [5.41, 5.74) is 1.96. The van der Waals surface area contributed by atoms with E-state index in [0.29, 0.717) is 29.7 Å². The summed E-state index contributed by atoms with van der Waals surface area (Å²) in [4.78, 5) is 36.8. The minimum absolute atomic E-state index is 0.0289. The number of allylic oxidation sites excluding steroid dienone is 1. The van der Waals surface area contributed by atoms with Crippen molar-refractivity contribution < 1.29 is 22.8 Å². The maximum absolute atomic E-state index is 13.2. The highest BCUT2D eigenvalue weighted by Gasteiger charge is 2.30. The molecule has 2 N–H and O–H groups in total. The second kappa shape index (κ2) is 18.3. The van der Waals surface area contributed by atoms with E-state index in [2.05, 4.69) is 39.3 Å². The van der Waals surface area contributed by atoms with Crippen LogP contribution in [-0.4, -0.2) is 70.4 Å². The summed E-state index contributed by atoms with van der Waals surface area (Å²) in [5.74, 6) is 1.52. The van der Waals surface area contributed by atoms with Crippen LogP contribution < -0.4 is 10.6 Å². The summed E-state index contributed by atoms with van der Waals surface area (Å²) >= 11 is 3.37. The number of likely N-dealkylation sites (tertiary alicyclic amines) is 1. The molecule has 47 heavy (non-hydrogen) atoms. The van der Waals surface area contributed by atoms with E-state index in [1.165, 1.54) is 12.1 Å². The number of hydrogen-bond donors (Lipinski definition) is 2. The Bertz CT molecular complexity index is 1470. The van der Waals surface area contributed by atoms with Gasteiger partial charge in [-0.2, -0.15) is 13.2 Å². The third kappa shape index (κ3) is 11.1. The first-order valence-corrected chi connectivity index (χ1v) is 18.0. The van der Waals surface area contributed by atoms with Gasteiger partial charge in [-0.15, -0.1) is 23.5 Å². The normalized spacial score (nSPS) is 14.4. The zero-order valence-electron chi connectivity index (χ0n) is 26.8. The molecule has 0 saturated carbocycles. The highest BCUT2D eigenvalue weighted by molar-refractivity contribution is 8.00. The molecule has 2 aromatic carbocycles. The number of amides is 2. The largest absolute Gasteiger partial charge is 0.416 e. The maximum atomic E-state index is 13.2. The van der Waals surface area contributed by atoms with E-state index in [4.69, 9.17) is 0 Å². The van der Waals surface area contributed by atoms with Crippen molar-refractivity contribution in [2.24, 2.45) is 0 Å². The number of nitrogens with zero attached hydrogens (tertiary/aromatic N) is 3. The van der Waals surface area contributed by atoms with Gasteiger partial charge in [-0.3, -0.25) is 9.59 Å². The van der Waals surface area contributed by atoms with Gasteiger partial charge in [-0.1, -0.05) is 50.3 Å². The number of aromatic nitrogens is 2. The molecule has 0 spiro atoms. The van der Waals surface area contributed by atoms with E-state index in [-0.39, 0.29) is 17.9 Å². The van der Waals surface area contributed by atoms with Gasteiger partial charge in [-0.05, 0) is 85.6 Å². The molecule has 2 amide bonds. The molecule has 1 fully saturated rings. The van der Waals surface area contributed by atoms with E-state index < -0.39 is 11.7 Å². The molecule has 12 heteroatoms. The summed E-state index contributed by atoms with van der Waals surface area (Å²) in [5, 5.41) is 8.04. The van der Waals surface area contributed by atoms with Gasteiger partial charge in [0, 0.05) is 36.8 Å². The zero-order chi connectivity index (χ0) is 33.6. The van der Waals surface area contributed by atoms with Crippen molar-refractivity contribution in [1.29, 1.82) is 0 Å². The first kappa shape index (κ1) is 36.5.